The van der Waals surface area contributed by atoms with E-state index in [0.29, 0.717) is 6.04 Å². The smallest absolute Gasteiger partial charge is 0.225 e. The van der Waals surface area contributed by atoms with E-state index in [-0.39, 0.29) is 0 Å². The van der Waals surface area contributed by atoms with Gasteiger partial charge in [0.25, 0.3) is 0 Å². The number of aromatic nitrogens is 2. The van der Waals surface area contributed by atoms with Crippen molar-refractivity contribution in [2.24, 2.45) is 0 Å². The van der Waals surface area contributed by atoms with Crippen LogP contribution in [0.4, 0.5) is 11.6 Å². The lowest BCUT2D eigenvalue weighted by molar-refractivity contribution is 0.660. The van der Waals surface area contributed by atoms with E-state index in [2.05, 4.69) is 34.8 Å². The van der Waals surface area contributed by atoms with Crippen molar-refractivity contribution in [3.8, 4) is 0 Å². The van der Waals surface area contributed by atoms with Gasteiger partial charge in [0.05, 0.1) is 0 Å². The van der Waals surface area contributed by atoms with Crippen LogP contribution in [0.5, 0.6) is 0 Å². The van der Waals surface area contributed by atoms with Gasteiger partial charge in [0.2, 0.25) is 5.95 Å². The van der Waals surface area contributed by atoms with Crippen LogP contribution in [0.1, 0.15) is 25.0 Å². The van der Waals surface area contributed by atoms with Gasteiger partial charge < -0.3 is 10.6 Å². The van der Waals surface area contributed by atoms with Gasteiger partial charge >= 0.3 is 0 Å². The first-order valence-corrected chi connectivity index (χ1v) is 6.46. The van der Waals surface area contributed by atoms with Crippen LogP contribution in [0, 0.1) is 6.92 Å². The van der Waals surface area contributed by atoms with Crippen molar-refractivity contribution in [1.29, 1.82) is 0 Å². The van der Waals surface area contributed by atoms with Gasteiger partial charge in [-0.2, -0.15) is 0 Å². The minimum absolute atomic E-state index is 0.323. The maximum absolute atomic E-state index is 5.82. The van der Waals surface area contributed by atoms with Crippen LogP contribution >= 0.6 is 0 Å². The molecule has 0 saturated heterocycles. The first-order chi connectivity index (χ1) is 9.06. The minimum Gasteiger partial charge on any atom is -0.399 e. The highest BCUT2D eigenvalue weighted by molar-refractivity contribution is 5.42. The second-order valence-corrected chi connectivity index (χ2v) is 5.03. The largest absolute Gasteiger partial charge is 0.399 e. The zero-order valence-electron chi connectivity index (χ0n) is 11.7. The number of nitrogens with zero attached hydrogens (tertiary/aromatic N) is 3. The lowest BCUT2D eigenvalue weighted by atomic mass is 10.1. The third-order valence-electron chi connectivity index (χ3n) is 2.95. The molecule has 0 aliphatic rings. The minimum atomic E-state index is 0.323. The van der Waals surface area contributed by atoms with Crippen molar-refractivity contribution in [1.82, 2.24) is 9.97 Å². The summed E-state index contributed by atoms with van der Waals surface area (Å²) < 4.78 is 0. The van der Waals surface area contributed by atoms with Gasteiger partial charge in [-0.05, 0) is 44.0 Å². The molecule has 0 aliphatic carbocycles. The summed E-state index contributed by atoms with van der Waals surface area (Å²) in [6.45, 7) is 7.01. The number of rotatable bonds is 4. The zero-order valence-corrected chi connectivity index (χ0v) is 11.7. The summed E-state index contributed by atoms with van der Waals surface area (Å²) in [6.07, 6.45) is 3.69. The van der Waals surface area contributed by atoms with Crippen molar-refractivity contribution in [2.45, 2.75) is 33.4 Å². The first-order valence-electron chi connectivity index (χ1n) is 6.46. The summed E-state index contributed by atoms with van der Waals surface area (Å²) in [5.74, 6) is 0.753. The van der Waals surface area contributed by atoms with Crippen molar-refractivity contribution in [3.05, 3.63) is 47.8 Å². The lowest BCUT2D eigenvalue weighted by Crippen LogP contribution is -2.31. The zero-order chi connectivity index (χ0) is 13.8. The van der Waals surface area contributed by atoms with E-state index in [1.807, 2.05) is 37.5 Å². The van der Waals surface area contributed by atoms with Gasteiger partial charge in [0, 0.05) is 30.7 Å². The van der Waals surface area contributed by atoms with Gasteiger partial charge in [0.1, 0.15) is 0 Å². The normalized spacial score (nSPS) is 10.7. The highest BCUT2D eigenvalue weighted by Crippen LogP contribution is 2.16. The van der Waals surface area contributed by atoms with Crippen molar-refractivity contribution >= 4 is 11.6 Å². The standard InChI is InChI=1S/C15H20N4/c1-11(2)19(15-17-8-12(3)9-18-15)10-13-5-4-6-14(16)7-13/h4-9,11H,10,16H2,1-3H3. The molecule has 0 saturated carbocycles. The van der Waals surface area contributed by atoms with E-state index >= 15 is 0 Å². The van der Waals surface area contributed by atoms with E-state index in [1.165, 1.54) is 0 Å². The number of nitrogen functional groups attached to an aromatic ring is 1. The van der Waals surface area contributed by atoms with Gasteiger partial charge in [-0.15, -0.1) is 0 Å². The molecule has 2 N–H and O–H groups in total. The summed E-state index contributed by atoms with van der Waals surface area (Å²) in [5.41, 5.74) is 8.83. The number of hydrogen-bond donors (Lipinski definition) is 1. The predicted octanol–water partition coefficient (Wildman–Crippen LogP) is 2.78. The molecule has 100 valence electrons. The Morgan fingerprint density at radius 2 is 1.89 bits per heavy atom. The van der Waals surface area contributed by atoms with Crippen LogP contribution in [-0.2, 0) is 6.54 Å². The molecule has 0 bridgehead atoms. The quantitative estimate of drug-likeness (QED) is 0.855. The van der Waals surface area contributed by atoms with E-state index in [9.17, 15) is 0 Å². The van der Waals surface area contributed by atoms with Crippen LogP contribution in [0.25, 0.3) is 0 Å². The third-order valence-corrected chi connectivity index (χ3v) is 2.95. The van der Waals surface area contributed by atoms with Crippen LogP contribution in [-0.4, -0.2) is 16.0 Å². The summed E-state index contributed by atoms with van der Waals surface area (Å²) in [5, 5.41) is 0. The molecular weight excluding hydrogens is 236 g/mol. The molecule has 4 heteroatoms. The molecule has 1 heterocycles. The molecular formula is C15H20N4. The summed E-state index contributed by atoms with van der Waals surface area (Å²) in [4.78, 5) is 11.0. The number of aryl methyl sites for hydroxylation is 1. The molecule has 2 aromatic rings. The Bertz CT molecular complexity index is 534. The molecule has 2 rings (SSSR count). The van der Waals surface area contributed by atoms with Gasteiger partial charge in [-0.3, -0.25) is 0 Å². The Labute approximate surface area is 114 Å². The highest BCUT2D eigenvalue weighted by Gasteiger charge is 2.13. The predicted molar refractivity (Wildman–Crippen MR) is 78.9 cm³/mol. The van der Waals surface area contributed by atoms with E-state index in [4.69, 9.17) is 5.73 Å². The second kappa shape index (κ2) is 5.69. The molecule has 0 unspecified atom stereocenters. The Morgan fingerprint density at radius 1 is 1.21 bits per heavy atom. The van der Waals surface area contributed by atoms with Crippen LogP contribution in [0.2, 0.25) is 0 Å². The average molecular weight is 256 g/mol. The molecule has 4 nitrogen and oxygen atoms in total. The van der Waals surface area contributed by atoms with E-state index < -0.39 is 0 Å². The maximum atomic E-state index is 5.82. The van der Waals surface area contributed by atoms with Gasteiger partial charge in [-0.25, -0.2) is 9.97 Å². The lowest BCUT2D eigenvalue weighted by Gasteiger charge is -2.26. The molecule has 0 radical (unpaired) electrons. The summed E-state index contributed by atoms with van der Waals surface area (Å²) in [6, 6.07) is 8.25. The van der Waals surface area contributed by atoms with Crippen LogP contribution < -0.4 is 10.6 Å². The average Bonchev–Trinajstić information content (AvgIpc) is 2.37. The third kappa shape index (κ3) is 3.44. The maximum Gasteiger partial charge on any atom is 0.225 e. The fourth-order valence-electron chi connectivity index (χ4n) is 1.91. The van der Waals surface area contributed by atoms with E-state index in [1.54, 1.807) is 0 Å². The fourth-order valence-corrected chi connectivity index (χ4v) is 1.91. The van der Waals surface area contributed by atoms with Crippen molar-refractivity contribution < 1.29 is 0 Å². The molecule has 1 aromatic heterocycles. The Kier molecular flexibility index (Phi) is 4.00. The monoisotopic (exact) mass is 256 g/mol. The summed E-state index contributed by atoms with van der Waals surface area (Å²) >= 11 is 0. The van der Waals surface area contributed by atoms with Crippen LogP contribution in [0.15, 0.2) is 36.7 Å². The number of nitrogens with two attached hydrogens (primary N) is 1. The van der Waals surface area contributed by atoms with Crippen molar-refractivity contribution in [2.75, 3.05) is 10.6 Å². The highest BCUT2D eigenvalue weighted by atomic mass is 15.3. The topological polar surface area (TPSA) is 55.0 Å². The van der Waals surface area contributed by atoms with Gasteiger partial charge in [-0.1, -0.05) is 12.1 Å². The number of benzene rings is 1. The van der Waals surface area contributed by atoms with Gasteiger partial charge in [0.15, 0.2) is 0 Å². The number of anilines is 2. The molecule has 1 aromatic carbocycles. The van der Waals surface area contributed by atoms with Crippen molar-refractivity contribution in [3.63, 3.8) is 0 Å². The SMILES string of the molecule is Cc1cnc(N(Cc2cccc(N)c2)C(C)C)nc1. The molecule has 19 heavy (non-hydrogen) atoms. The second-order valence-electron chi connectivity index (χ2n) is 5.03. The van der Waals surface area contributed by atoms with Crippen LogP contribution in [0.3, 0.4) is 0 Å². The Hall–Kier alpha value is -2.10. The first kappa shape index (κ1) is 13.3. The molecule has 0 amide bonds. The Balaban J connectivity index is 2.23. The number of hydrogen-bond acceptors (Lipinski definition) is 4. The molecule has 0 fully saturated rings. The van der Waals surface area contributed by atoms with E-state index in [0.717, 1.165) is 29.3 Å². The molecule has 0 aliphatic heterocycles. The Morgan fingerprint density at radius 3 is 2.47 bits per heavy atom. The molecule has 0 spiro atoms. The molecule has 0 atom stereocenters. The summed E-state index contributed by atoms with van der Waals surface area (Å²) in [7, 11) is 0. The fraction of sp³-hybridized carbons (Fsp3) is 0.333.